The number of benzene rings is 7. The fourth-order valence-corrected chi connectivity index (χ4v) is 6.94. The largest absolute Gasteiger partial charge is 0.332 e. The Kier molecular flexibility index (Phi) is 6.38. The van der Waals surface area contributed by atoms with E-state index in [-0.39, 0.29) is 5.54 Å². The zero-order valence-corrected chi connectivity index (χ0v) is 24.8. The minimum Gasteiger partial charge on any atom is -0.332 e. The second-order valence-electron chi connectivity index (χ2n) is 12.0. The van der Waals surface area contributed by atoms with E-state index in [0.29, 0.717) is 0 Å². The third kappa shape index (κ3) is 4.49. The summed E-state index contributed by atoms with van der Waals surface area (Å²) in [5.41, 5.74) is 7.10. The van der Waals surface area contributed by atoms with Crippen LogP contribution in [0.5, 0.6) is 0 Å². The molecule has 0 saturated heterocycles. The Morgan fingerprint density at radius 3 is 1.50 bits per heavy atom. The molecular weight excluding hydrogens is 530 g/mol. The Morgan fingerprint density at radius 1 is 0.455 bits per heavy atom. The molecule has 0 amide bonds. The van der Waals surface area contributed by atoms with Gasteiger partial charge in [0.05, 0.1) is 5.54 Å². The first-order valence-electron chi connectivity index (χ1n) is 15.4. The quantitative estimate of drug-likeness (QED) is 0.188. The molecule has 7 aromatic carbocycles. The molecule has 0 bridgehead atoms. The summed E-state index contributed by atoms with van der Waals surface area (Å²) in [6.07, 6.45) is 7.98. The van der Waals surface area contributed by atoms with E-state index >= 15 is 0 Å². The molecule has 0 spiro atoms. The number of rotatable bonds is 5. The van der Waals surface area contributed by atoms with Crippen LogP contribution in [0.15, 0.2) is 170 Å². The van der Waals surface area contributed by atoms with Crippen LogP contribution in [0, 0.1) is 0 Å². The van der Waals surface area contributed by atoms with E-state index in [2.05, 4.69) is 182 Å². The van der Waals surface area contributed by atoms with Crippen molar-refractivity contribution in [1.29, 1.82) is 0 Å². The Morgan fingerprint density at radius 2 is 0.932 bits per heavy atom. The lowest BCUT2D eigenvalue weighted by atomic mass is 9.85. The van der Waals surface area contributed by atoms with E-state index in [1.165, 1.54) is 66.0 Å². The average Bonchev–Trinajstić information content (AvgIpc) is 3.10. The summed E-state index contributed by atoms with van der Waals surface area (Å²) >= 11 is 0. The van der Waals surface area contributed by atoms with Gasteiger partial charge in [0, 0.05) is 11.4 Å². The van der Waals surface area contributed by atoms with Gasteiger partial charge in [-0.3, -0.25) is 0 Å². The van der Waals surface area contributed by atoms with Crippen molar-refractivity contribution in [1.82, 2.24) is 0 Å². The molecule has 8 rings (SSSR count). The van der Waals surface area contributed by atoms with E-state index in [9.17, 15) is 0 Å². The Balaban J connectivity index is 1.30. The number of fused-ring (bicyclic) bond motifs is 6. The standard InChI is InChI=1S/C43H33N/c1-43(28-26-34(27-29-43)32-14-6-3-7-15-32)44(35-22-20-33(21-23-35)31-12-4-2-5-13-31)36-24-25-41-39-18-9-8-16-37(39)38-17-10-11-19-40(38)42(41)30-36/h2-28,30H,29H2,1H3. The van der Waals surface area contributed by atoms with Crippen LogP contribution < -0.4 is 4.90 Å². The average molecular weight is 564 g/mol. The highest BCUT2D eigenvalue weighted by Crippen LogP contribution is 2.43. The Bertz CT molecular complexity index is 2160. The van der Waals surface area contributed by atoms with Gasteiger partial charge in [-0.25, -0.2) is 0 Å². The van der Waals surface area contributed by atoms with Crippen LogP contribution in [0.4, 0.5) is 11.4 Å². The lowest BCUT2D eigenvalue weighted by molar-refractivity contribution is 0.571. The van der Waals surface area contributed by atoms with Crippen molar-refractivity contribution in [3.05, 3.63) is 175 Å². The highest BCUT2D eigenvalue weighted by Gasteiger charge is 2.32. The summed E-state index contributed by atoms with van der Waals surface area (Å²) in [6, 6.07) is 55.0. The minimum absolute atomic E-state index is 0.257. The smallest absolute Gasteiger partial charge is 0.0643 e. The summed E-state index contributed by atoms with van der Waals surface area (Å²) in [7, 11) is 0. The lowest BCUT2D eigenvalue weighted by Gasteiger charge is -2.42. The molecule has 210 valence electrons. The van der Waals surface area contributed by atoms with E-state index in [4.69, 9.17) is 0 Å². The van der Waals surface area contributed by atoms with Gasteiger partial charge in [-0.1, -0.05) is 146 Å². The highest BCUT2D eigenvalue weighted by atomic mass is 15.2. The maximum atomic E-state index is 2.53. The van der Waals surface area contributed by atoms with Gasteiger partial charge in [0.1, 0.15) is 0 Å². The molecule has 1 aliphatic carbocycles. The minimum atomic E-state index is -0.257. The molecule has 0 aromatic heterocycles. The van der Waals surface area contributed by atoms with Gasteiger partial charge < -0.3 is 4.90 Å². The molecular formula is C43H33N. The molecule has 0 aliphatic heterocycles. The molecule has 0 N–H and O–H groups in total. The van der Waals surface area contributed by atoms with Crippen molar-refractivity contribution in [3.63, 3.8) is 0 Å². The first-order chi connectivity index (χ1) is 21.7. The second-order valence-corrected chi connectivity index (χ2v) is 12.0. The molecule has 0 radical (unpaired) electrons. The van der Waals surface area contributed by atoms with E-state index in [1.54, 1.807) is 0 Å². The molecule has 0 saturated carbocycles. The van der Waals surface area contributed by atoms with Gasteiger partial charge in [0.25, 0.3) is 0 Å². The van der Waals surface area contributed by atoms with Crippen molar-refractivity contribution in [2.45, 2.75) is 18.9 Å². The maximum Gasteiger partial charge on any atom is 0.0643 e. The van der Waals surface area contributed by atoms with Crippen molar-refractivity contribution in [3.8, 4) is 11.1 Å². The van der Waals surface area contributed by atoms with Crippen molar-refractivity contribution in [2.24, 2.45) is 0 Å². The first kappa shape index (κ1) is 26.2. The Hall–Kier alpha value is -5.40. The van der Waals surface area contributed by atoms with Gasteiger partial charge >= 0.3 is 0 Å². The van der Waals surface area contributed by atoms with Gasteiger partial charge in [-0.05, 0) is 92.2 Å². The molecule has 1 atom stereocenters. The molecule has 1 aliphatic rings. The number of allylic oxidation sites excluding steroid dienone is 2. The summed E-state index contributed by atoms with van der Waals surface area (Å²) in [4.78, 5) is 2.53. The van der Waals surface area contributed by atoms with Gasteiger partial charge in [-0.2, -0.15) is 0 Å². The second kappa shape index (κ2) is 10.7. The predicted octanol–water partition coefficient (Wildman–Crippen LogP) is 11.8. The molecule has 1 heteroatoms. The molecule has 1 nitrogen and oxygen atoms in total. The zero-order valence-electron chi connectivity index (χ0n) is 24.8. The number of hydrogen-bond donors (Lipinski definition) is 0. The fourth-order valence-electron chi connectivity index (χ4n) is 6.94. The molecule has 0 fully saturated rings. The third-order valence-electron chi connectivity index (χ3n) is 9.19. The summed E-state index contributed by atoms with van der Waals surface area (Å²) in [6.45, 7) is 2.36. The van der Waals surface area contributed by atoms with E-state index in [1.807, 2.05) is 0 Å². The molecule has 7 aromatic rings. The van der Waals surface area contributed by atoms with Crippen LogP contribution in [0.1, 0.15) is 18.9 Å². The zero-order chi connectivity index (χ0) is 29.5. The van der Waals surface area contributed by atoms with Gasteiger partial charge in [0.2, 0.25) is 0 Å². The lowest BCUT2D eigenvalue weighted by Crippen LogP contribution is -2.42. The van der Waals surface area contributed by atoms with Crippen LogP contribution in [-0.4, -0.2) is 5.54 Å². The van der Waals surface area contributed by atoms with Crippen LogP contribution >= 0.6 is 0 Å². The number of nitrogens with zero attached hydrogens (tertiary/aromatic N) is 1. The number of anilines is 2. The summed E-state index contributed by atoms with van der Waals surface area (Å²) in [5.74, 6) is 0. The molecule has 44 heavy (non-hydrogen) atoms. The van der Waals surface area contributed by atoms with Crippen LogP contribution in [0.3, 0.4) is 0 Å². The highest BCUT2D eigenvalue weighted by molar-refractivity contribution is 6.25. The van der Waals surface area contributed by atoms with E-state index < -0.39 is 0 Å². The monoisotopic (exact) mass is 563 g/mol. The predicted molar refractivity (Wildman–Crippen MR) is 190 cm³/mol. The van der Waals surface area contributed by atoms with Crippen LogP contribution in [-0.2, 0) is 0 Å². The van der Waals surface area contributed by atoms with Crippen LogP contribution in [0.2, 0.25) is 0 Å². The van der Waals surface area contributed by atoms with Gasteiger partial charge in [0.15, 0.2) is 0 Å². The summed E-state index contributed by atoms with van der Waals surface area (Å²) in [5, 5.41) is 7.76. The van der Waals surface area contributed by atoms with Crippen molar-refractivity contribution in [2.75, 3.05) is 4.90 Å². The Labute approximate surface area is 259 Å². The third-order valence-corrected chi connectivity index (χ3v) is 9.19. The maximum absolute atomic E-state index is 2.53. The van der Waals surface area contributed by atoms with Crippen LogP contribution in [0.25, 0.3) is 49.0 Å². The topological polar surface area (TPSA) is 3.24 Å². The fraction of sp³-hybridized carbons (Fsp3) is 0.0698. The first-order valence-corrected chi connectivity index (χ1v) is 15.4. The summed E-state index contributed by atoms with van der Waals surface area (Å²) < 4.78 is 0. The SMILES string of the molecule is CC1(N(c2ccc(-c3ccccc3)cc2)c2ccc3c4ccccc4c4ccccc4c3c2)C=CC(c2ccccc2)=CC1. The molecule has 1 unspecified atom stereocenters. The van der Waals surface area contributed by atoms with Crippen molar-refractivity contribution >= 4 is 49.3 Å². The normalized spacial score (nSPS) is 16.3. The number of hydrogen-bond acceptors (Lipinski definition) is 1. The molecule has 0 heterocycles. The van der Waals surface area contributed by atoms with Crippen molar-refractivity contribution < 1.29 is 0 Å². The van der Waals surface area contributed by atoms with Gasteiger partial charge in [-0.15, -0.1) is 0 Å². The van der Waals surface area contributed by atoms with E-state index in [0.717, 1.165) is 6.42 Å².